The van der Waals surface area contributed by atoms with Crippen molar-refractivity contribution in [2.75, 3.05) is 26.2 Å². The Morgan fingerprint density at radius 2 is 1.91 bits per heavy atom. The first-order chi connectivity index (χ1) is 10.7. The van der Waals surface area contributed by atoms with Crippen LogP contribution < -0.4 is 0 Å². The van der Waals surface area contributed by atoms with E-state index in [0.29, 0.717) is 0 Å². The van der Waals surface area contributed by atoms with Crippen molar-refractivity contribution < 1.29 is 28.3 Å². The Balaban J connectivity index is 2.37. The van der Waals surface area contributed by atoms with Gasteiger partial charge in [0.25, 0.3) is 5.69 Å². The number of β-amino-alcohol motifs (C(OH)–C–C–N with tert-alkyl or cyclic N) is 1. The lowest BCUT2D eigenvalue weighted by Gasteiger charge is -2.20. The predicted octanol–water partition coefficient (Wildman–Crippen LogP) is -0.0600. The van der Waals surface area contributed by atoms with Crippen LogP contribution >= 0.6 is 0 Å². The smallest absolute Gasteiger partial charge is 0.407 e. The van der Waals surface area contributed by atoms with Gasteiger partial charge in [0.05, 0.1) is 17.6 Å². The maximum Gasteiger partial charge on any atom is 0.407 e. The summed E-state index contributed by atoms with van der Waals surface area (Å²) in [7, 11) is -4.23. The molecule has 1 amide bonds. The second-order valence-electron chi connectivity index (χ2n) is 4.97. The average molecular weight is 345 g/mol. The van der Waals surface area contributed by atoms with Gasteiger partial charge in [0.2, 0.25) is 10.0 Å². The highest BCUT2D eigenvalue weighted by atomic mass is 32.2. The zero-order chi connectivity index (χ0) is 17.2. The average Bonchev–Trinajstić information content (AvgIpc) is 2.69. The van der Waals surface area contributed by atoms with Crippen LogP contribution in [-0.2, 0) is 10.0 Å². The molecule has 0 bridgehead atoms. The third-order valence-electron chi connectivity index (χ3n) is 3.42. The van der Waals surface area contributed by atoms with Crippen molar-refractivity contribution in [3.63, 3.8) is 0 Å². The topological polar surface area (TPSA) is 141 Å². The molecule has 1 aliphatic rings. The van der Waals surface area contributed by atoms with Crippen molar-refractivity contribution in [3.05, 3.63) is 34.4 Å². The van der Waals surface area contributed by atoms with Crippen molar-refractivity contribution in [1.82, 2.24) is 9.21 Å². The van der Waals surface area contributed by atoms with Gasteiger partial charge in [0.15, 0.2) is 4.90 Å². The predicted molar refractivity (Wildman–Crippen MR) is 77.5 cm³/mol. The molecule has 2 N–H and O–H groups in total. The van der Waals surface area contributed by atoms with Gasteiger partial charge in [-0.15, -0.1) is 0 Å². The number of benzene rings is 1. The van der Waals surface area contributed by atoms with Crippen LogP contribution in [0.15, 0.2) is 29.2 Å². The van der Waals surface area contributed by atoms with Gasteiger partial charge in [-0.3, -0.25) is 10.1 Å². The minimum absolute atomic E-state index is 0.133. The second-order valence-corrected chi connectivity index (χ2v) is 6.88. The van der Waals surface area contributed by atoms with Crippen LogP contribution in [0.1, 0.15) is 0 Å². The van der Waals surface area contributed by atoms with Gasteiger partial charge in [-0.05, 0) is 6.07 Å². The van der Waals surface area contributed by atoms with E-state index in [2.05, 4.69) is 0 Å². The standard InChI is InChI=1S/C12H15N3O7S/c16-9-7-13(12(17)18)5-6-14(8-9)23(21,22)11-4-2-1-3-10(11)15(19)20/h1-4,9,16H,5-8H2,(H,17,18)/t9-/m1/s1. The lowest BCUT2D eigenvalue weighted by atomic mass is 10.3. The molecule has 1 saturated heterocycles. The van der Waals surface area contributed by atoms with Crippen LogP contribution in [0, 0.1) is 10.1 Å². The molecule has 1 aromatic rings. The maximum atomic E-state index is 12.6. The Morgan fingerprint density at radius 1 is 1.26 bits per heavy atom. The zero-order valence-electron chi connectivity index (χ0n) is 11.9. The molecule has 1 heterocycles. The number of rotatable bonds is 3. The van der Waals surface area contributed by atoms with Crippen LogP contribution in [0.25, 0.3) is 0 Å². The fraction of sp³-hybridized carbons (Fsp3) is 0.417. The molecule has 0 spiro atoms. The second kappa shape index (κ2) is 6.48. The number of amides is 1. The van der Waals surface area contributed by atoms with Gasteiger partial charge < -0.3 is 15.1 Å². The summed E-state index contributed by atoms with van der Waals surface area (Å²) in [5, 5.41) is 29.8. The normalized spacial score (nSPS) is 20.0. The van der Waals surface area contributed by atoms with E-state index in [4.69, 9.17) is 5.11 Å². The van der Waals surface area contributed by atoms with Crippen molar-refractivity contribution in [2.24, 2.45) is 0 Å². The maximum absolute atomic E-state index is 12.6. The first-order valence-electron chi connectivity index (χ1n) is 6.63. The summed E-state index contributed by atoms with van der Waals surface area (Å²) < 4.78 is 26.1. The SMILES string of the molecule is O=C(O)N1CCN(S(=O)(=O)c2ccccc2[N+](=O)[O-])C[C@H](O)C1. The third-order valence-corrected chi connectivity index (χ3v) is 5.33. The van der Waals surface area contributed by atoms with Gasteiger partial charge in [0, 0.05) is 25.7 Å². The number of hydrogen-bond acceptors (Lipinski definition) is 6. The molecular formula is C12H15N3O7S. The molecule has 0 aromatic heterocycles. The van der Waals surface area contributed by atoms with Crippen molar-refractivity contribution in [2.45, 2.75) is 11.0 Å². The summed E-state index contributed by atoms with van der Waals surface area (Å²) in [5.74, 6) is 0. The summed E-state index contributed by atoms with van der Waals surface area (Å²) in [5.41, 5.74) is -0.568. The zero-order valence-corrected chi connectivity index (χ0v) is 12.7. The fourth-order valence-corrected chi connectivity index (χ4v) is 3.95. The Labute approximate surface area is 131 Å². The van der Waals surface area contributed by atoms with E-state index in [1.165, 1.54) is 12.1 Å². The van der Waals surface area contributed by atoms with E-state index in [9.17, 15) is 28.4 Å². The molecule has 0 aliphatic carbocycles. The van der Waals surface area contributed by atoms with Crippen LogP contribution in [0.5, 0.6) is 0 Å². The van der Waals surface area contributed by atoms with E-state index in [1.807, 2.05) is 0 Å². The molecule has 1 fully saturated rings. The van der Waals surface area contributed by atoms with E-state index < -0.39 is 37.7 Å². The van der Waals surface area contributed by atoms with Crippen molar-refractivity contribution >= 4 is 21.8 Å². The van der Waals surface area contributed by atoms with E-state index in [1.54, 1.807) is 0 Å². The molecule has 1 atom stereocenters. The van der Waals surface area contributed by atoms with Crippen LogP contribution in [0.2, 0.25) is 0 Å². The number of carbonyl (C=O) groups is 1. The molecular weight excluding hydrogens is 330 g/mol. The molecule has 23 heavy (non-hydrogen) atoms. The van der Waals surface area contributed by atoms with E-state index in [-0.39, 0.29) is 26.2 Å². The summed E-state index contributed by atoms with van der Waals surface area (Å²) in [6, 6.07) is 4.89. The summed E-state index contributed by atoms with van der Waals surface area (Å²) >= 11 is 0. The molecule has 2 rings (SSSR count). The lowest BCUT2D eigenvalue weighted by molar-refractivity contribution is -0.387. The Kier molecular flexibility index (Phi) is 4.82. The highest BCUT2D eigenvalue weighted by Gasteiger charge is 2.35. The number of aliphatic hydroxyl groups excluding tert-OH is 1. The number of nitrogens with zero attached hydrogens (tertiary/aromatic N) is 3. The largest absolute Gasteiger partial charge is 0.465 e. The molecule has 1 aliphatic heterocycles. The molecule has 0 unspecified atom stereocenters. The number of nitro benzene ring substituents is 1. The number of hydrogen-bond donors (Lipinski definition) is 2. The van der Waals surface area contributed by atoms with Gasteiger partial charge in [-0.2, -0.15) is 4.31 Å². The number of nitro groups is 1. The van der Waals surface area contributed by atoms with Gasteiger partial charge in [0.1, 0.15) is 0 Å². The molecule has 11 heteroatoms. The van der Waals surface area contributed by atoms with Gasteiger partial charge in [-0.25, -0.2) is 13.2 Å². The molecule has 126 valence electrons. The number of sulfonamides is 1. The monoisotopic (exact) mass is 345 g/mol. The number of carboxylic acid groups (broad SMARTS) is 1. The van der Waals surface area contributed by atoms with E-state index in [0.717, 1.165) is 21.3 Å². The van der Waals surface area contributed by atoms with Crippen LogP contribution in [0.3, 0.4) is 0 Å². The minimum Gasteiger partial charge on any atom is -0.465 e. The lowest BCUT2D eigenvalue weighted by Crippen LogP contribution is -2.37. The fourth-order valence-electron chi connectivity index (χ4n) is 2.32. The number of aliphatic hydroxyl groups is 1. The van der Waals surface area contributed by atoms with E-state index >= 15 is 0 Å². The van der Waals surface area contributed by atoms with Crippen molar-refractivity contribution in [1.29, 1.82) is 0 Å². The highest BCUT2D eigenvalue weighted by molar-refractivity contribution is 7.89. The first kappa shape index (κ1) is 17.1. The van der Waals surface area contributed by atoms with Crippen LogP contribution in [0.4, 0.5) is 10.5 Å². The Bertz CT molecular complexity index is 721. The number of para-hydroxylation sites is 1. The summed E-state index contributed by atoms with van der Waals surface area (Å²) in [6.45, 7) is -0.888. The van der Waals surface area contributed by atoms with Crippen molar-refractivity contribution in [3.8, 4) is 0 Å². The molecule has 0 saturated carbocycles. The van der Waals surface area contributed by atoms with Gasteiger partial charge >= 0.3 is 6.09 Å². The Morgan fingerprint density at radius 3 is 2.52 bits per heavy atom. The Hall–Kier alpha value is -2.24. The quantitative estimate of drug-likeness (QED) is 0.577. The first-order valence-corrected chi connectivity index (χ1v) is 8.07. The molecule has 10 nitrogen and oxygen atoms in total. The third kappa shape index (κ3) is 3.57. The molecule has 0 radical (unpaired) electrons. The minimum atomic E-state index is -4.23. The van der Waals surface area contributed by atoms with Gasteiger partial charge in [-0.1, -0.05) is 12.1 Å². The molecule has 1 aromatic carbocycles. The van der Waals surface area contributed by atoms with Crippen LogP contribution in [-0.4, -0.2) is 71.1 Å². The summed E-state index contributed by atoms with van der Waals surface area (Å²) in [4.78, 5) is 21.6. The highest BCUT2D eigenvalue weighted by Crippen LogP contribution is 2.26. The summed E-state index contributed by atoms with van der Waals surface area (Å²) in [6.07, 6.45) is -2.49.